The van der Waals surface area contributed by atoms with Crippen molar-refractivity contribution in [2.75, 3.05) is 13.1 Å². The number of likely N-dealkylation sites (tertiary alicyclic amines) is 1. The van der Waals surface area contributed by atoms with Crippen LogP contribution in [0.25, 0.3) is 6.08 Å². The lowest BCUT2D eigenvalue weighted by atomic mass is 10.0. The number of carbonyl (C=O) groups excluding carboxylic acids is 1. The van der Waals surface area contributed by atoms with E-state index in [4.69, 9.17) is 4.84 Å². The van der Waals surface area contributed by atoms with E-state index in [2.05, 4.69) is 64.2 Å². The molecule has 5 rings (SSSR count). The predicted octanol–water partition coefficient (Wildman–Crippen LogP) is 5.06. The maximum absolute atomic E-state index is 12.1. The van der Waals surface area contributed by atoms with Crippen LogP contribution in [0, 0.1) is 0 Å². The van der Waals surface area contributed by atoms with Gasteiger partial charge in [0.2, 0.25) is 0 Å². The first-order chi connectivity index (χ1) is 17.7. The molecule has 5 nitrogen and oxygen atoms in total. The molecule has 1 aliphatic carbocycles. The van der Waals surface area contributed by atoms with Gasteiger partial charge < -0.3 is 5.32 Å². The van der Waals surface area contributed by atoms with E-state index in [-0.39, 0.29) is 5.91 Å². The van der Waals surface area contributed by atoms with E-state index in [1.807, 2.05) is 42.5 Å². The summed E-state index contributed by atoms with van der Waals surface area (Å²) in [4.78, 5) is 19.9. The third-order valence-electron chi connectivity index (χ3n) is 7.09. The molecule has 3 aromatic rings. The highest BCUT2D eigenvalue weighted by molar-refractivity contribution is 5.90. The molecule has 1 saturated carbocycles. The van der Waals surface area contributed by atoms with Gasteiger partial charge in [-0.3, -0.25) is 14.5 Å². The van der Waals surface area contributed by atoms with Crippen molar-refractivity contribution in [3.8, 4) is 0 Å². The Bertz CT molecular complexity index is 1140. The Morgan fingerprint density at radius 3 is 2.42 bits per heavy atom. The molecular formula is C31H35N3O2. The topological polar surface area (TPSA) is 53.6 Å². The molecule has 2 fully saturated rings. The van der Waals surface area contributed by atoms with Crippen LogP contribution in [0.4, 0.5) is 0 Å². The van der Waals surface area contributed by atoms with Crippen LogP contribution >= 0.6 is 0 Å². The summed E-state index contributed by atoms with van der Waals surface area (Å²) in [6.45, 7) is 3.51. The average Bonchev–Trinajstić information content (AvgIpc) is 3.69. The van der Waals surface area contributed by atoms with Crippen LogP contribution < -0.4 is 10.8 Å². The Morgan fingerprint density at radius 2 is 1.64 bits per heavy atom. The molecule has 0 radical (unpaired) electrons. The van der Waals surface area contributed by atoms with Crippen molar-refractivity contribution >= 4 is 12.0 Å². The minimum Gasteiger partial charge on any atom is -0.311 e. The molecule has 2 unspecified atom stereocenters. The molecule has 3 aromatic carbocycles. The van der Waals surface area contributed by atoms with Crippen LogP contribution in [0.15, 0.2) is 91.0 Å². The second kappa shape index (κ2) is 12.1. The summed E-state index contributed by atoms with van der Waals surface area (Å²) in [5.74, 6) is 0.425. The molecular weight excluding hydrogens is 446 g/mol. The lowest BCUT2D eigenvalue weighted by molar-refractivity contribution is -0.129. The summed E-state index contributed by atoms with van der Waals surface area (Å²) >= 11 is 0. The van der Waals surface area contributed by atoms with Gasteiger partial charge in [0.05, 0.1) is 6.61 Å². The van der Waals surface area contributed by atoms with Gasteiger partial charge in [0, 0.05) is 30.6 Å². The van der Waals surface area contributed by atoms with Gasteiger partial charge in [-0.15, -0.1) is 0 Å². The summed E-state index contributed by atoms with van der Waals surface area (Å²) in [7, 11) is 0. The quantitative estimate of drug-likeness (QED) is 0.314. The van der Waals surface area contributed by atoms with Crippen molar-refractivity contribution in [2.45, 2.75) is 50.4 Å². The van der Waals surface area contributed by atoms with Crippen molar-refractivity contribution in [3.63, 3.8) is 0 Å². The summed E-state index contributed by atoms with van der Waals surface area (Å²) < 4.78 is 0. The van der Waals surface area contributed by atoms with Crippen LogP contribution in [0.3, 0.4) is 0 Å². The van der Waals surface area contributed by atoms with E-state index in [0.717, 1.165) is 30.8 Å². The maximum Gasteiger partial charge on any atom is 0.267 e. The molecule has 0 aromatic heterocycles. The van der Waals surface area contributed by atoms with Gasteiger partial charge in [-0.25, -0.2) is 5.48 Å². The normalized spacial score (nSPS) is 20.4. The molecule has 2 N–H and O–H groups in total. The zero-order chi connectivity index (χ0) is 24.6. The Kier molecular flexibility index (Phi) is 8.24. The van der Waals surface area contributed by atoms with Crippen molar-refractivity contribution < 1.29 is 9.63 Å². The first-order valence-corrected chi connectivity index (χ1v) is 13.0. The molecule has 1 heterocycles. The summed E-state index contributed by atoms with van der Waals surface area (Å²) in [5, 5.41) is 3.90. The lowest BCUT2D eigenvalue weighted by Gasteiger charge is -2.32. The predicted molar refractivity (Wildman–Crippen MR) is 144 cm³/mol. The van der Waals surface area contributed by atoms with Crippen molar-refractivity contribution in [1.82, 2.24) is 15.7 Å². The van der Waals surface area contributed by atoms with Crippen molar-refractivity contribution in [1.29, 1.82) is 0 Å². The second-order valence-electron chi connectivity index (χ2n) is 9.90. The number of nitrogens with one attached hydrogen (secondary N) is 2. The minimum atomic E-state index is -0.268. The number of piperidine rings is 1. The fraction of sp³-hybridized carbons (Fsp3) is 0.323. The standard InChI is InChI=1S/C31H35N3O2/c35-31(33-36-23-25-8-3-1-4-9-25)15-14-24-10-7-11-26(20-24)22-34-18-16-28(17-19-34)32-30-21-29(30)27-12-5-2-6-13-27/h1-15,20,28-30,32H,16-19,21-23H2,(H,33,35). The van der Waals surface area contributed by atoms with E-state index >= 15 is 0 Å². The Labute approximate surface area is 214 Å². The van der Waals surface area contributed by atoms with Crippen molar-refractivity contribution in [2.24, 2.45) is 0 Å². The molecule has 1 amide bonds. The van der Waals surface area contributed by atoms with E-state index in [1.165, 1.54) is 36.5 Å². The number of amides is 1. The van der Waals surface area contributed by atoms with Gasteiger partial charge in [-0.05, 0) is 60.7 Å². The van der Waals surface area contributed by atoms with E-state index in [1.54, 1.807) is 0 Å². The van der Waals surface area contributed by atoms with Crippen LogP contribution in [-0.2, 0) is 22.8 Å². The van der Waals surface area contributed by atoms with Gasteiger partial charge in [-0.1, -0.05) is 84.9 Å². The minimum absolute atomic E-state index is 0.268. The Balaban J connectivity index is 1.02. The molecule has 0 bridgehead atoms. The zero-order valence-corrected chi connectivity index (χ0v) is 20.7. The highest BCUT2D eigenvalue weighted by Crippen LogP contribution is 2.41. The molecule has 2 aliphatic rings. The summed E-state index contributed by atoms with van der Waals surface area (Å²) in [6.07, 6.45) is 7.00. The van der Waals surface area contributed by atoms with Gasteiger partial charge in [0.15, 0.2) is 0 Å². The molecule has 0 spiro atoms. The van der Waals surface area contributed by atoms with Gasteiger partial charge >= 0.3 is 0 Å². The van der Waals surface area contributed by atoms with Crippen LogP contribution in [-0.4, -0.2) is 36.0 Å². The smallest absolute Gasteiger partial charge is 0.267 e. The van der Waals surface area contributed by atoms with Crippen LogP contribution in [0.5, 0.6) is 0 Å². The molecule has 36 heavy (non-hydrogen) atoms. The highest BCUT2D eigenvalue weighted by atomic mass is 16.6. The number of hydrogen-bond acceptors (Lipinski definition) is 4. The second-order valence-corrected chi connectivity index (χ2v) is 9.90. The zero-order valence-electron chi connectivity index (χ0n) is 20.7. The fourth-order valence-electron chi connectivity index (χ4n) is 5.03. The van der Waals surface area contributed by atoms with Crippen LogP contribution in [0.2, 0.25) is 0 Å². The van der Waals surface area contributed by atoms with E-state index in [9.17, 15) is 4.79 Å². The number of benzene rings is 3. The summed E-state index contributed by atoms with van der Waals surface area (Å²) in [6, 6.07) is 30.3. The van der Waals surface area contributed by atoms with Gasteiger partial charge in [0.25, 0.3) is 5.91 Å². The van der Waals surface area contributed by atoms with Gasteiger partial charge in [-0.2, -0.15) is 0 Å². The maximum atomic E-state index is 12.1. The lowest BCUT2D eigenvalue weighted by Crippen LogP contribution is -2.43. The van der Waals surface area contributed by atoms with Crippen molar-refractivity contribution in [3.05, 3.63) is 113 Å². The molecule has 2 atom stereocenters. The average molecular weight is 482 g/mol. The number of hydrogen-bond donors (Lipinski definition) is 2. The Hall–Kier alpha value is -3.25. The fourth-order valence-corrected chi connectivity index (χ4v) is 5.03. The monoisotopic (exact) mass is 481 g/mol. The molecule has 186 valence electrons. The van der Waals surface area contributed by atoms with E-state index < -0.39 is 0 Å². The largest absolute Gasteiger partial charge is 0.311 e. The third kappa shape index (κ3) is 7.14. The molecule has 5 heteroatoms. The molecule has 1 aliphatic heterocycles. The number of nitrogens with zero attached hydrogens (tertiary/aromatic N) is 1. The number of carbonyl (C=O) groups is 1. The highest BCUT2D eigenvalue weighted by Gasteiger charge is 2.39. The SMILES string of the molecule is O=C(C=Cc1cccc(CN2CCC(NC3CC3c3ccccc3)CC2)c1)NOCc1ccccc1. The third-order valence-corrected chi connectivity index (χ3v) is 7.09. The number of hydroxylamine groups is 1. The first kappa shape index (κ1) is 24.4. The molecule has 1 saturated heterocycles. The van der Waals surface area contributed by atoms with E-state index in [0.29, 0.717) is 24.6 Å². The van der Waals surface area contributed by atoms with Gasteiger partial charge in [0.1, 0.15) is 0 Å². The first-order valence-electron chi connectivity index (χ1n) is 13.0. The summed E-state index contributed by atoms with van der Waals surface area (Å²) in [5.41, 5.74) is 7.25. The van der Waals surface area contributed by atoms with Crippen LogP contribution in [0.1, 0.15) is 47.4 Å². The Morgan fingerprint density at radius 1 is 0.917 bits per heavy atom. The number of rotatable bonds is 10.